The summed E-state index contributed by atoms with van der Waals surface area (Å²) >= 11 is 1.33. The number of hydrogen-bond donors (Lipinski definition) is 2. The zero-order chi connectivity index (χ0) is 22.2. The van der Waals surface area contributed by atoms with E-state index in [9.17, 15) is 18.4 Å². The molecule has 1 aliphatic rings. The highest BCUT2D eigenvalue weighted by Crippen LogP contribution is 2.49. The zero-order valence-electron chi connectivity index (χ0n) is 16.6. The van der Waals surface area contributed by atoms with Crippen molar-refractivity contribution >= 4 is 28.9 Å². The molecule has 2 unspecified atom stereocenters. The van der Waals surface area contributed by atoms with Gasteiger partial charge in [0.2, 0.25) is 5.91 Å². The van der Waals surface area contributed by atoms with Crippen LogP contribution in [-0.2, 0) is 15.0 Å². The van der Waals surface area contributed by atoms with Gasteiger partial charge in [0.25, 0.3) is 0 Å². The number of amides is 1. The Balaban J connectivity index is 1.67. The predicted molar refractivity (Wildman–Crippen MR) is 114 cm³/mol. The smallest absolute Gasteiger partial charge is 0.328 e. The second-order valence-electron chi connectivity index (χ2n) is 7.56. The molecule has 0 saturated heterocycles. The van der Waals surface area contributed by atoms with E-state index in [2.05, 4.69) is 5.32 Å². The lowest BCUT2D eigenvalue weighted by atomic mass is 9.72. The quantitative estimate of drug-likeness (QED) is 0.442. The molecule has 1 aromatic heterocycles. The summed E-state index contributed by atoms with van der Waals surface area (Å²) in [6.45, 7) is 1.73. The van der Waals surface area contributed by atoms with Crippen LogP contribution in [0.2, 0.25) is 0 Å². The maximum Gasteiger partial charge on any atom is 0.328 e. The number of carbonyl (C=O) groups excluding carboxylic acids is 2. The Morgan fingerprint density at radius 1 is 1.16 bits per heavy atom. The molecule has 5 nitrogen and oxygen atoms in total. The van der Waals surface area contributed by atoms with E-state index in [0.717, 1.165) is 6.07 Å². The Hall–Kier alpha value is -3.10. The average Bonchev–Trinajstić information content (AvgIpc) is 3.39. The molecule has 1 amide bonds. The molecule has 4 rings (SSSR count). The molecule has 1 aliphatic heterocycles. The van der Waals surface area contributed by atoms with Gasteiger partial charge in [-0.15, -0.1) is 11.3 Å². The Kier molecular flexibility index (Phi) is 5.60. The molecule has 0 bridgehead atoms. The molecule has 8 heteroatoms. The summed E-state index contributed by atoms with van der Waals surface area (Å²) in [5.74, 6) is -3.41. The van der Waals surface area contributed by atoms with E-state index < -0.39 is 40.9 Å². The highest BCUT2D eigenvalue weighted by atomic mass is 32.1. The topological polar surface area (TPSA) is 81.4 Å². The fourth-order valence-electron chi connectivity index (χ4n) is 3.96. The number of benzene rings is 2. The van der Waals surface area contributed by atoms with Gasteiger partial charge in [0.1, 0.15) is 17.2 Å². The fraction of sp³-hybridized carbons (Fsp3) is 0.217. The lowest BCUT2D eigenvalue weighted by Gasteiger charge is -2.31. The summed E-state index contributed by atoms with van der Waals surface area (Å²) in [5, 5.41) is 4.30. The average molecular weight is 442 g/mol. The summed E-state index contributed by atoms with van der Waals surface area (Å²) in [6, 6.07) is 13.5. The number of nitrogens with two attached hydrogens (primary N) is 1. The predicted octanol–water partition coefficient (Wildman–Crippen LogP) is 4.22. The number of rotatable bonds is 6. The number of halogens is 2. The van der Waals surface area contributed by atoms with Gasteiger partial charge >= 0.3 is 5.97 Å². The number of anilines is 1. The monoisotopic (exact) mass is 442 g/mol. The Bertz CT molecular complexity index is 1120. The number of ether oxygens (including phenoxy) is 1. The molecular formula is C23H20F2N2O3S. The third-order valence-corrected chi connectivity index (χ3v) is 6.63. The molecule has 31 heavy (non-hydrogen) atoms. The van der Waals surface area contributed by atoms with Crippen LogP contribution in [0.5, 0.6) is 5.75 Å². The minimum atomic E-state index is -1.29. The normalized spacial score (nSPS) is 19.4. The van der Waals surface area contributed by atoms with Crippen molar-refractivity contribution in [2.75, 3.05) is 5.32 Å². The first-order valence-corrected chi connectivity index (χ1v) is 10.6. The van der Waals surface area contributed by atoms with Crippen LogP contribution in [0.25, 0.3) is 0 Å². The molecule has 2 aromatic carbocycles. The summed E-state index contributed by atoms with van der Waals surface area (Å²) in [6.07, 6.45) is 0.114. The van der Waals surface area contributed by atoms with Crippen molar-refractivity contribution < 1.29 is 23.1 Å². The fourth-order valence-corrected chi connectivity index (χ4v) is 4.90. The summed E-state index contributed by atoms with van der Waals surface area (Å²) in [5.41, 5.74) is 5.05. The molecule has 3 N–H and O–H groups in total. The van der Waals surface area contributed by atoms with Crippen LogP contribution in [0.15, 0.2) is 60.0 Å². The second-order valence-corrected chi connectivity index (χ2v) is 8.51. The van der Waals surface area contributed by atoms with Crippen molar-refractivity contribution in [3.63, 3.8) is 0 Å². The molecule has 0 aliphatic carbocycles. The molecule has 0 spiro atoms. The van der Waals surface area contributed by atoms with Crippen LogP contribution >= 0.6 is 11.3 Å². The van der Waals surface area contributed by atoms with E-state index >= 15 is 0 Å². The molecule has 0 saturated carbocycles. The Morgan fingerprint density at radius 2 is 1.90 bits per heavy atom. The minimum absolute atomic E-state index is 0.114. The third-order valence-electron chi connectivity index (χ3n) is 5.60. The SMILES string of the molecule is CC(CC1(c2cccs2)C(=O)Nc2c1ccc(F)c2F)[C@H](N)C(=O)Oc1ccccc1. The first-order chi connectivity index (χ1) is 14.8. The standard InChI is InChI=1S/C23H20F2N2O3S/c1-13(19(26)21(28)30-14-6-3-2-4-7-14)12-23(17-8-5-11-31-17)15-9-10-16(24)18(25)20(15)27-22(23)29/h2-11,13,19H,12,26H2,1H3,(H,27,29)/t13?,19-,23?/m0/s1. The maximum atomic E-state index is 14.4. The van der Waals surface area contributed by atoms with Crippen LogP contribution in [0.1, 0.15) is 23.8 Å². The lowest BCUT2D eigenvalue weighted by molar-refractivity contribution is -0.137. The first-order valence-electron chi connectivity index (χ1n) is 9.71. The van der Waals surface area contributed by atoms with Crippen LogP contribution < -0.4 is 15.8 Å². The van der Waals surface area contributed by atoms with Crippen molar-refractivity contribution in [1.29, 1.82) is 0 Å². The van der Waals surface area contributed by atoms with Crippen LogP contribution in [0, 0.1) is 17.6 Å². The number of nitrogens with one attached hydrogen (secondary N) is 1. The van der Waals surface area contributed by atoms with Crippen molar-refractivity contribution in [3.05, 3.63) is 82.1 Å². The van der Waals surface area contributed by atoms with E-state index in [1.807, 2.05) is 0 Å². The van der Waals surface area contributed by atoms with Crippen molar-refractivity contribution in [2.45, 2.75) is 24.8 Å². The van der Waals surface area contributed by atoms with Crippen molar-refractivity contribution in [2.24, 2.45) is 11.7 Å². The van der Waals surface area contributed by atoms with E-state index in [1.165, 1.54) is 17.4 Å². The molecule has 160 valence electrons. The maximum absolute atomic E-state index is 14.4. The third kappa shape index (κ3) is 3.62. The van der Waals surface area contributed by atoms with Crippen LogP contribution in [-0.4, -0.2) is 17.9 Å². The molecule has 0 fully saturated rings. The minimum Gasteiger partial charge on any atom is -0.425 e. The van der Waals surface area contributed by atoms with E-state index in [-0.39, 0.29) is 12.1 Å². The molecule has 2 heterocycles. The number of hydrogen-bond acceptors (Lipinski definition) is 5. The van der Waals surface area contributed by atoms with Gasteiger partial charge in [-0.05, 0) is 47.5 Å². The van der Waals surface area contributed by atoms with Crippen LogP contribution in [0.4, 0.5) is 14.5 Å². The number of fused-ring (bicyclic) bond motifs is 1. The van der Waals surface area contributed by atoms with Gasteiger partial charge in [0.15, 0.2) is 11.6 Å². The highest BCUT2D eigenvalue weighted by molar-refractivity contribution is 7.10. The number of para-hydroxylation sites is 1. The molecule has 3 atom stereocenters. The largest absolute Gasteiger partial charge is 0.425 e. The van der Waals surface area contributed by atoms with Gasteiger partial charge in [0.05, 0.1) is 5.69 Å². The van der Waals surface area contributed by atoms with Gasteiger partial charge in [-0.2, -0.15) is 0 Å². The molecule has 3 aromatic rings. The molecule has 0 radical (unpaired) electrons. The van der Waals surface area contributed by atoms with Crippen LogP contribution in [0.3, 0.4) is 0 Å². The number of esters is 1. The summed E-state index contributed by atoms with van der Waals surface area (Å²) in [4.78, 5) is 26.4. The van der Waals surface area contributed by atoms with Gasteiger partial charge in [-0.1, -0.05) is 37.3 Å². The van der Waals surface area contributed by atoms with Gasteiger partial charge < -0.3 is 15.8 Å². The number of thiophene rings is 1. The summed E-state index contributed by atoms with van der Waals surface area (Å²) < 4.78 is 33.6. The van der Waals surface area contributed by atoms with Gasteiger partial charge in [0, 0.05) is 4.88 Å². The van der Waals surface area contributed by atoms with E-state index in [4.69, 9.17) is 10.5 Å². The van der Waals surface area contributed by atoms with Gasteiger partial charge in [-0.25, -0.2) is 13.6 Å². The zero-order valence-corrected chi connectivity index (χ0v) is 17.4. The van der Waals surface area contributed by atoms with E-state index in [1.54, 1.807) is 54.8 Å². The molecular weight excluding hydrogens is 422 g/mol. The van der Waals surface area contributed by atoms with Crippen molar-refractivity contribution in [1.82, 2.24) is 0 Å². The Labute approximate surface area is 181 Å². The first kappa shape index (κ1) is 21.1. The summed E-state index contributed by atoms with van der Waals surface area (Å²) in [7, 11) is 0. The van der Waals surface area contributed by atoms with Gasteiger partial charge in [-0.3, -0.25) is 4.79 Å². The van der Waals surface area contributed by atoms with Crippen molar-refractivity contribution in [3.8, 4) is 5.75 Å². The van der Waals surface area contributed by atoms with E-state index in [0.29, 0.717) is 16.2 Å². The number of carbonyl (C=O) groups is 2. The Morgan fingerprint density at radius 3 is 2.58 bits per heavy atom. The lowest BCUT2D eigenvalue weighted by Crippen LogP contribution is -2.45. The second kappa shape index (κ2) is 8.20. The highest BCUT2D eigenvalue weighted by Gasteiger charge is 2.51.